The van der Waals surface area contributed by atoms with Gasteiger partial charge in [0.25, 0.3) is 5.91 Å². The van der Waals surface area contributed by atoms with E-state index in [1.807, 2.05) is 0 Å². The molecule has 0 radical (unpaired) electrons. The molecule has 0 spiro atoms. The molecule has 0 saturated carbocycles. The largest absolute Gasteiger partial charge is 0.493 e. The van der Waals surface area contributed by atoms with Crippen molar-refractivity contribution in [3.8, 4) is 11.5 Å². The predicted molar refractivity (Wildman–Crippen MR) is 107 cm³/mol. The van der Waals surface area contributed by atoms with E-state index in [9.17, 15) is 18.8 Å². The minimum absolute atomic E-state index is 0.234. The topological polar surface area (TPSA) is 97.0 Å². The molecular weight excluding hydrogens is 393 g/mol. The van der Waals surface area contributed by atoms with Gasteiger partial charge in [-0.05, 0) is 49.2 Å². The number of halogens is 1. The zero-order chi connectivity index (χ0) is 22.1. The van der Waals surface area contributed by atoms with Gasteiger partial charge in [0.2, 0.25) is 5.91 Å². The number of amides is 4. The first kappa shape index (κ1) is 21.1. The van der Waals surface area contributed by atoms with Crippen LogP contribution in [0.1, 0.15) is 18.1 Å². The molecule has 1 atom stereocenters. The molecule has 30 heavy (non-hydrogen) atoms. The van der Waals surface area contributed by atoms with Crippen LogP contribution in [-0.4, -0.2) is 43.5 Å². The number of urea groups is 1. The van der Waals surface area contributed by atoms with E-state index in [0.29, 0.717) is 22.6 Å². The Morgan fingerprint density at radius 2 is 1.83 bits per heavy atom. The number of carbonyl (C=O) groups excluding carboxylic acids is 3. The average molecular weight is 415 g/mol. The van der Waals surface area contributed by atoms with Crippen LogP contribution in [0.3, 0.4) is 0 Å². The molecule has 1 aliphatic heterocycles. The predicted octanol–water partition coefficient (Wildman–Crippen LogP) is 2.56. The maximum atomic E-state index is 13.7. The summed E-state index contributed by atoms with van der Waals surface area (Å²) in [6.07, 6.45) is 0. The van der Waals surface area contributed by atoms with Crippen LogP contribution in [0.25, 0.3) is 0 Å². The minimum atomic E-state index is -1.38. The number of anilines is 1. The molecule has 9 heteroatoms. The van der Waals surface area contributed by atoms with Gasteiger partial charge in [0.1, 0.15) is 17.9 Å². The number of ether oxygens (including phenoxy) is 2. The van der Waals surface area contributed by atoms with Crippen LogP contribution in [0.15, 0.2) is 36.4 Å². The van der Waals surface area contributed by atoms with Crippen LogP contribution in [-0.2, 0) is 15.1 Å². The van der Waals surface area contributed by atoms with Gasteiger partial charge in [-0.15, -0.1) is 0 Å². The summed E-state index contributed by atoms with van der Waals surface area (Å²) in [5, 5.41) is 5.11. The SMILES string of the molecule is COc1ccc([C@]2(C)NC(=O)N(CC(=O)Nc3ccc(C)c(F)c3)C2=O)cc1OC. The number of nitrogens with zero attached hydrogens (tertiary/aromatic N) is 1. The molecule has 0 unspecified atom stereocenters. The van der Waals surface area contributed by atoms with Crippen molar-refractivity contribution in [2.45, 2.75) is 19.4 Å². The normalized spacial score (nSPS) is 18.2. The maximum Gasteiger partial charge on any atom is 0.325 e. The Morgan fingerprint density at radius 3 is 2.47 bits per heavy atom. The number of rotatable bonds is 6. The zero-order valence-corrected chi connectivity index (χ0v) is 17.0. The fraction of sp³-hybridized carbons (Fsp3) is 0.286. The summed E-state index contributed by atoms with van der Waals surface area (Å²) in [5.74, 6) is -0.814. The molecule has 2 aromatic carbocycles. The van der Waals surface area contributed by atoms with E-state index >= 15 is 0 Å². The summed E-state index contributed by atoms with van der Waals surface area (Å²) in [6, 6.07) is 8.38. The van der Waals surface area contributed by atoms with Crippen LogP contribution >= 0.6 is 0 Å². The number of benzene rings is 2. The Balaban J connectivity index is 1.78. The first-order valence-electron chi connectivity index (χ1n) is 9.12. The number of imide groups is 1. The van der Waals surface area contributed by atoms with E-state index in [2.05, 4.69) is 10.6 Å². The van der Waals surface area contributed by atoms with Crippen LogP contribution in [0.4, 0.5) is 14.9 Å². The number of hydrogen-bond donors (Lipinski definition) is 2. The van der Waals surface area contributed by atoms with Gasteiger partial charge < -0.3 is 20.1 Å². The highest BCUT2D eigenvalue weighted by Gasteiger charge is 2.49. The van der Waals surface area contributed by atoms with Gasteiger partial charge in [-0.3, -0.25) is 14.5 Å². The van der Waals surface area contributed by atoms with Crippen molar-refractivity contribution in [3.63, 3.8) is 0 Å². The van der Waals surface area contributed by atoms with Gasteiger partial charge in [0.05, 0.1) is 14.2 Å². The highest BCUT2D eigenvalue weighted by atomic mass is 19.1. The molecule has 0 aromatic heterocycles. The minimum Gasteiger partial charge on any atom is -0.493 e. The molecule has 2 N–H and O–H groups in total. The van der Waals surface area contributed by atoms with Crippen LogP contribution < -0.4 is 20.1 Å². The number of aryl methyl sites for hydroxylation is 1. The van der Waals surface area contributed by atoms with E-state index in [0.717, 1.165) is 4.90 Å². The standard InChI is InChI=1S/C21H22FN3O5/c1-12-5-7-14(10-15(12)22)23-18(26)11-25-19(27)21(2,24-20(25)28)13-6-8-16(29-3)17(9-13)30-4/h5-10H,11H2,1-4H3,(H,23,26)(H,24,28)/t21-/m0/s1. The summed E-state index contributed by atoms with van der Waals surface area (Å²) in [4.78, 5) is 38.6. The molecule has 1 aliphatic rings. The van der Waals surface area contributed by atoms with Crippen molar-refractivity contribution in [2.24, 2.45) is 0 Å². The van der Waals surface area contributed by atoms with Crippen molar-refractivity contribution >= 4 is 23.5 Å². The summed E-state index contributed by atoms with van der Waals surface area (Å²) < 4.78 is 24.1. The number of hydrogen-bond acceptors (Lipinski definition) is 5. The van der Waals surface area contributed by atoms with E-state index in [-0.39, 0.29) is 5.69 Å². The lowest BCUT2D eigenvalue weighted by molar-refractivity contribution is -0.133. The van der Waals surface area contributed by atoms with E-state index < -0.39 is 35.7 Å². The van der Waals surface area contributed by atoms with Crippen LogP contribution in [0.5, 0.6) is 11.5 Å². The third kappa shape index (κ3) is 3.78. The molecule has 0 bridgehead atoms. The molecule has 0 aliphatic carbocycles. The Hall–Kier alpha value is -3.62. The molecule has 1 fully saturated rings. The molecule has 1 saturated heterocycles. The second-order valence-electron chi connectivity index (χ2n) is 7.03. The lowest BCUT2D eigenvalue weighted by atomic mass is 9.91. The van der Waals surface area contributed by atoms with Crippen molar-refractivity contribution in [1.82, 2.24) is 10.2 Å². The first-order valence-corrected chi connectivity index (χ1v) is 9.12. The Labute approximate surface area is 173 Å². The summed E-state index contributed by atoms with van der Waals surface area (Å²) >= 11 is 0. The van der Waals surface area contributed by atoms with Gasteiger partial charge >= 0.3 is 6.03 Å². The third-order valence-corrected chi connectivity index (χ3v) is 4.99. The van der Waals surface area contributed by atoms with Crippen molar-refractivity contribution in [2.75, 3.05) is 26.1 Å². The van der Waals surface area contributed by atoms with Crippen molar-refractivity contribution in [3.05, 3.63) is 53.3 Å². The molecule has 3 rings (SSSR count). The summed E-state index contributed by atoms with van der Waals surface area (Å²) in [6.45, 7) is 2.63. The van der Waals surface area contributed by atoms with Gasteiger partial charge in [0, 0.05) is 5.69 Å². The van der Waals surface area contributed by atoms with Gasteiger partial charge in [-0.25, -0.2) is 9.18 Å². The average Bonchev–Trinajstić information content (AvgIpc) is 2.94. The van der Waals surface area contributed by atoms with Crippen molar-refractivity contribution < 1.29 is 28.2 Å². The monoisotopic (exact) mass is 415 g/mol. The smallest absolute Gasteiger partial charge is 0.325 e. The zero-order valence-electron chi connectivity index (χ0n) is 17.0. The first-order chi connectivity index (χ1) is 14.2. The molecule has 8 nitrogen and oxygen atoms in total. The quantitative estimate of drug-likeness (QED) is 0.707. The second-order valence-corrected chi connectivity index (χ2v) is 7.03. The highest BCUT2D eigenvalue weighted by Crippen LogP contribution is 2.35. The fourth-order valence-corrected chi connectivity index (χ4v) is 3.20. The van der Waals surface area contributed by atoms with E-state index in [1.54, 1.807) is 32.0 Å². The van der Waals surface area contributed by atoms with Crippen molar-refractivity contribution in [1.29, 1.82) is 0 Å². The number of nitrogens with one attached hydrogen (secondary N) is 2. The second kappa shape index (κ2) is 8.02. The molecular formula is C21H22FN3O5. The number of carbonyl (C=O) groups is 3. The third-order valence-electron chi connectivity index (χ3n) is 4.99. The van der Waals surface area contributed by atoms with Gasteiger partial charge in [0.15, 0.2) is 11.5 Å². The van der Waals surface area contributed by atoms with E-state index in [1.165, 1.54) is 32.4 Å². The maximum absolute atomic E-state index is 13.7. The summed E-state index contributed by atoms with van der Waals surface area (Å²) in [5.41, 5.74) is -0.236. The Kier molecular flexibility index (Phi) is 5.64. The van der Waals surface area contributed by atoms with Crippen LogP contribution in [0.2, 0.25) is 0 Å². The Morgan fingerprint density at radius 1 is 1.13 bits per heavy atom. The molecule has 2 aromatic rings. The van der Waals surface area contributed by atoms with E-state index in [4.69, 9.17) is 9.47 Å². The van der Waals surface area contributed by atoms with Crippen LogP contribution in [0, 0.1) is 12.7 Å². The molecule has 4 amide bonds. The molecule has 1 heterocycles. The van der Waals surface area contributed by atoms with Gasteiger partial charge in [-0.1, -0.05) is 12.1 Å². The lowest BCUT2D eigenvalue weighted by Gasteiger charge is -2.23. The fourth-order valence-electron chi connectivity index (χ4n) is 3.20. The van der Waals surface area contributed by atoms with Gasteiger partial charge in [-0.2, -0.15) is 0 Å². The number of methoxy groups -OCH3 is 2. The molecule has 158 valence electrons. The lowest BCUT2D eigenvalue weighted by Crippen LogP contribution is -2.42. The summed E-state index contributed by atoms with van der Waals surface area (Å²) in [7, 11) is 2.95. The highest BCUT2D eigenvalue weighted by molar-refractivity contribution is 6.10. The Bertz CT molecular complexity index is 1030.